The lowest BCUT2D eigenvalue weighted by Crippen LogP contribution is -2.53. The van der Waals surface area contributed by atoms with E-state index in [9.17, 15) is 93.3 Å². The Bertz CT molecular complexity index is 2440. The standard InChI is InChI=1S/C52H77N11O19/c1-32(57-48(77)36(23-44(69)70)20-38(66)24-53)42(67)21-35(19-37-25-54-31-56-37)50(79)58-39(29-64)43(68)22-34(18-33-6-3-2-4-7-33)49(78)59-40(30-65)51(80)55-9-5-8-41(52(81)82)63-16-14-61(27-46(73)74)12-10-60(26-45(71)72)11-13-62(15-17-63)28-47(75)76/h2-4,6-7,25,31-32,34-36,39-41,64-65H,5,8-24,26-30,53H2,1H3,(H,54,56)(H,55,80)(H,57,77)(H,58,79)(H,59,78)(H,69,70)(H,71,72)(H,73,74)(H,75,76)(H,81,82)/p-3/t32-,34+,35+,36-,39-,40?,41?/m0/s1. The van der Waals surface area contributed by atoms with Crippen LogP contribution >= 0.6 is 0 Å². The van der Waals surface area contributed by atoms with Crippen LogP contribution in [0.5, 0.6) is 0 Å². The van der Waals surface area contributed by atoms with Gasteiger partial charge >= 0.3 is 11.9 Å². The van der Waals surface area contributed by atoms with Crippen molar-refractivity contribution in [3.05, 3.63) is 54.1 Å². The number of aliphatic hydroxyl groups is 2. The molecule has 3 rings (SSSR count). The number of aliphatic carboxylic acids is 5. The van der Waals surface area contributed by atoms with E-state index < -0.39 is 178 Å². The number of benzene rings is 1. The van der Waals surface area contributed by atoms with Crippen molar-refractivity contribution < 1.29 is 93.3 Å². The number of nitrogens with zero attached hydrogens (tertiary/aromatic N) is 5. The molecule has 30 nitrogen and oxygen atoms in total. The summed E-state index contributed by atoms with van der Waals surface area (Å²) in [6.45, 7) is -2.81. The van der Waals surface area contributed by atoms with Crippen LogP contribution in [0, 0.1) is 17.8 Å². The molecular weight excluding hydrogens is 1080 g/mol. The molecular formula is C52H74N11O19-3. The first-order valence-electron chi connectivity index (χ1n) is 26.6. The van der Waals surface area contributed by atoms with Crippen LogP contribution in [-0.2, 0) is 70.4 Å². The van der Waals surface area contributed by atoms with Gasteiger partial charge in [0.1, 0.15) is 23.9 Å². The van der Waals surface area contributed by atoms with Gasteiger partial charge in [0.2, 0.25) is 23.6 Å². The number of rotatable bonds is 36. The minimum Gasteiger partial charge on any atom is -0.549 e. The fraction of sp³-hybridized carbons (Fsp3) is 0.596. The van der Waals surface area contributed by atoms with Crippen LogP contribution in [0.2, 0.25) is 0 Å². The van der Waals surface area contributed by atoms with Crippen LogP contribution in [0.3, 0.4) is 0 Å². The van der Waals surface area contributed by atoms with E-state index in [1.54, 1.807) is 30.3 Å². The lowest BCUT2D eigenvalue weighted by atomic mass is 9.90. The summed E-state index contributed by atoms with van der Waals surface area (Å²) in [4.78, 5) is 165. The molecule has 0 aliphatic carbocycles. The Morgan fingerprint density at radius 1 is 0.634 bits per heavy atom. The predicted molar refractivity (Wildman–Crippen MR) is 278 cm³/mol. The average Bonchev–Trinajstić information content (AvgIpc) is 3.94. The Hall–Kier alpha value is -7.61. The number of carbonyl (C=O) groups excluding carboxylic acids is 10. The third-order valence-electron chi connectivity index (χ3n) is 13.6. The summed E-state index contributed by atoms with van der Waals surface area (Å²) in [7, 11) is 0. The molecule has 1 aromatic heterocycles. The summed E-state index contributed by atoms with van der Waals surface area (Å²) in [6, 6.07) is 2.57. The Labute approximate surface area is 472 Å². The van der Waals surface area contributed by atoms with E-state index in [2.05, 4.69) is 31.2 Å². The number of Topliss-reactive ketones (excluding diaryl/α,β-unsaturated/α-hetero) is 3. The largest absolute Gasteiger partial charge is 0.549 e. The number of aromatic amines is 1. The highest BCUT2D eigenvalue weighted by atomic mass is 16.4. The molecule has 2 aromatic rings. The quantitative estimate of drug-likeness (QED) is 0.0283. The predicted octanol–water partition coefficient (Wildman–Crippen LogP) is -8.37. The number of nitrogens with two attached hydrogens (primary N) is 1. The first-order valence-corrected chi connectivity index (χ1v) is 26.6. The van der Waals surface area contributed by atoms with E-state index in [0.29, 0.717) is 11.3 Å². The van der Waals surface area contributed by atoms with Crippen LogP contribution in [0.1, 0.15) is 56.7 Å². The fourth-order valence-electron chi connectivity index (χ4n) is 9.10. The molecule has 4 amide bonds. The number of carboxylic acid groups (broad SMARTS) is 5. The summed E-state index contributed by atoms with van der Waals surface area (Å²) in [5.74, 6) is -16.5. The van der Waals surface area contributed by atoms with Crippen molar-refractivity contribution in [2.45, 2.75) is 82.5 Å². The van der Waals surface area contributed by atoms with E-state index in [1.165, 1.54) is 39.0 Å². The number of imidazole rings is 1. The number of nitrogens with one attached hydrogen (secondary N) is 5. The third kappa shape index (κ3) is 25.5. The molecule has 0 bridgehead atoms. The maximum absolute atomic E-state index is 14.0. The van der Waals surface area contributed by atoms with E-state index in [-0.39, 0.29) is 84.6 Å². The lowest BCUT2D eigenvalue weighted by molar-refractivity contribution is -0.308. The van der Waals surface area contributed by atoms with Crippen LogP contribution in [0.4, 0.5) is 0 Å². The van der Waals surface area contributed by atoms with Gasteiger partial charge in [0.15, 0.2) is 11.6 Å². The molecule has 0 spiro atoms. The van der Waals surface area contributed by atoms with E-state index in [4.69, 9.17) is 5.73 Å². The molecule has 2 heterocycles. The van der Waals surface area contributed by atoms with Crippen molar-refractivity contribution in [2.75, 3.05) is 98.3 Å². The van der Waals surface area contributed by atoms with Crippen molar-refractivity contribution in [1.82, 2.24) is 50.8 Å². The van der Waals surface area contributed by atoms with Crippen molar-refractivity contribution in [2.24, 2.45) is 23.5 Å². The molecule has 1 aliphatic heterocycles. The van der Waals surface area contributed by atoms with Gasteiger partial charge < -0.3 is 82.1 Å². The SMILES string of the molecule is C[C@H](NC(=O)[C@H](CC(=O)O)CC(=O)CN)C(=O)C[C@@H](Cc1cnc[nH]1)C(=O)N[C@@H](CO)C(=O)C[C@@H](Cc1ccccc1)C(=O)NC(CO)C(=O)NCCCC(C(=O)O)N1CCN(CC(=O)[O-])CCN(CC(=O)[O-])CCN(CC(=O)[O-])CC1. The Kier molecular flexibility index (Phi) is 30.1. The molecule has 2 unspecified atom stereocenters. The Balaban J connectivity index is 1.73. The number of hydrogen-bond acceptors (Lipinski definition) is 23. The summed E-state index contributed by atoms with van der Waals surface area (Å²) in [5.41, 5.74) is 6.29. The molecule has 1 saturated heterocycles. The molecule has 30 heteroatoms. The highest BCUT2D eigenvalue weighted by molar-refractivity contribution is 5.97. The van der Waals surface area contributed by atoms with Gasteiger partial charge in [0.25, 0.3) is 0 Å². The highest BCUT2D eigenvalue weighted by Gasteiger charge is 2.35. The number of aromatic nitrogens is 2. The molecule has 0 radical (unpaired) electrons. The van der Waals surface area contributed by atoms with Crippen LogP contribution < -0.4 is 42.3 Å². The van der Waals surface area contributed by atoms with E-state index in [0.717, 1.165) is 0 Å². The van der Waals surface area contributed by atoms with Crippen molar-refractivity contribution in [3.8, 4) is 0 Å². The van der Waals surface area contributed by atoms with Gasteiger partial charge in [-0.2, -0.15) is 0 Å². The van der Waals surface area contributed by atoms with Gasteiger partial charge in [-0.3, -0.25) is 62.8 Å². The van der Waals surface area contributed by atoms with Gasteiger partial charge in [0, 0.05) is 122 Å². The van der Waals surface area contributed by atoms with Crippen molar-refractivity contribution in [3.63, 3.8) is 0 Å². The minimum absolute atomic E-state index is 0.00865. The van der Waals surface area contributed by atoms with Gasteiger partial charge in [-0.15, -0.1) is 0 Å². The van der Waals surface area contributed by atoms with Crippen molar-refractivity contribution in [1.29, 1.82) is 0 Å². The number of H-pyrrole nitrogens is 1. The average molecular weight is 1160 g/mol. The van der Waals surface area contributed by atoms with E-state index >= 15 is 0 Å². The first kappa shape index (κ1) is 68.7. The molecule has 1 fully saturated rings. The van der Waals surface area contributed by atoms with Gasteiger partial charge in [0.05, 0.1) is 68.3 Å². The zero-order valence-electron chi connectivity index (χ0n) is 45.6. The highest BCUT2D eigenvalue weighted by Crippen LogP contribution is 2.19. The number of ketones is 3. The molecule has 454 valence electrons. The second kappa shape index (κ2) is 36.0. The number of carbonyl (C=O) groups is 12. The summed E-state index contributed by atoms with van der Waals surface area (Å²) in [5, 5.41) is 84.9. The third-order valence-corrected chi connectivity index (χ3v) is 13.6. The van der Waals surface area contributed by atoms with Crippen LogP contribution in [0.15, 0.2) is 42.9 Å². The smallest absolute Gasteiger partial charge is 0.320 e. The number of carboxylic acids is 5. The van der Waals surface area contributed by atoms with Crippen LogP contribution in [0.25, 0.3) is 0 Å². The van der Waals surface area contributed by atoms with Gasteiger partial charge in [-0.25, -0.2) is 4.98 Å². The molecule has 7 atom stereocenters. The maximum Gasteiger partial charge on any atom is 0.320 e. The topological polar surface area (TPSA) is 471 Å². The lowest BCUT2D eigenvalue weighted by Gasteiger charge is -2.36. The van der Waals surface area contributed by atoms with Crippen molar-refractivity contribution >= 4 is 70.8 Å². The number of amides is 4. The molecule has 11 N–H and O–H groups in total. The number of hydrogen-bond donors (Lipinski definition) is 10. The van der Waals surface area contributed by atoms with Gasteiger partial charge in [-0.05, 0) is 31.7 Å². The van der Waals surface area contributed by atoms with Gasteiger partial charge in [-0.1, -0.05) is 30.3 Å². The Morgan fingerprint density at radius 2 is 1.13 bits per heavy atom. The summed E-state index contributed by atoms with van der Waals surface area (Å²) >= 11 is 0. The summed E-state index contributed by atoms with van der Waals surface area (Å²) < 4.78 is 0. The summed E-state index contributed by atoms with van der Waals surface area (Å²) in [6.07, 6.45) is -0.0840. The zero-order valence-corrected chi connectivity index (χ0v) is 45.6. The monoisotopic (exact) mass is 1160 g/mol. The molecule has 0 saturated carbocycles. The zero-order chi connectivity index (χ0) is 60.9. The molecule has 1 aliphatic rings. The number of aliphatic hydroxyl groups excluding tert-OH is 2. The normalized spacial score (nSPS) is 16.7. The van der Waals surface area contributed by atoms with E-state index in [1.807, 2.05) is 0 Å². The first-order chi connectivity index (χ1) is 38.9. The minimum atomic E-state index is -1.64. The second-order valence-electron chi connectivity index (χ2n) is 19.9. The fourth-order valence-corrected chi connectivity index (χ4v) is 9.10. The molecule has 1 aromatic carbocycles. The Morgan fingerprint density at radius 3 is 1.61 bits per heavy atom. The molecule has 82 heavy (non-hydrogen) atoms. The second-order valence-corrected chi connectivity index (χ2v) is 19.9. The van der Waals surface area contributed by atoms with Crippen LogP contribution in [-0.4, -0.2) is 243 Å². The maximum atomic E-state index is 14.0.